The van der Waals surface area contributed by atoms with Crippen LogP contribution < -0.4 is 0 Å². The van der Waals surface area contributed by atoms with Crippen molar-refractivity contribution in [2.45, 2.75) is 38.5 Å². The lowest BCUT2D eigenvalue weighted by Gasteiger charge is -2.06. The number of carboxylic acids is 1. The van der Waals surface area contributed by atoms with Crippen molar-refractivity contribution in [1.82, 2.24) is 0 Å². The van der Waals surface area contributed by atoms with Crippen LogP contribution in [-0.4, -0.2) is 11.1 Å². The number of fused-ring (bicyclic) bond motifs is 1. The third-order valence-electron chi connectivity index (χ3n) is 3.55. The molecule has 2 saturated carbocycles. The summed E-state index contributed by atoms with van der Waals surface area (Å²) in [4.78, 5) is 10.5. The summed E-state index contributed by atoms with van der Waals surface area (Å²) < 4.78 is 0. The summed E-state index contributed by atoms with van der Waals surface area (Å²) in [6.07, 6.45) is 6.90. The average molecular weight is 168 g/mol. The van der Waals surface area contributed by atoms with Crippen LogP contribution in [0.2, 0.25) is 0 Å². The van der Waals surface area contributed by atoms with E-state index in [2.05, 4.69) is 0 Å². The standard InChI is InChI=1S/C10H16O2/c11-10(12)6-7-4-8-2-1-3-9(8)5-7/h7-9H,1-6H2,(H,11,12)/t8-,9-/m1/s1. The minimum absolute atomic E-state index is 0.410. The molecule has 0 spiro atoms. The monoisotopic (exact) mass is 168 g/mol. The van der Waals surface area contributed by atoms with Crippen LogP contribution in [0.15, 0.2) is 0 Å². The second-order valence-electron chi connectivity index (χ2n) is 4.39. The Hall–Kier alpha value is -0.530. The molecule has 12 heavy (non-hydrogen) atoms. The predicted molar refractivity (Wildman–Crippen MR) is 45.8 cm³/mol. The minimum atomic E-state index is -0.611. The van der Waals surface area contributed by atoms with Gasteiger partial charge in [-0.1, -0.05) is 19.3 Å². The van der Waals surface area contributed by atoms with Gasteiger partial charge in [0, 0.05) is 6.42 Å². The lowest BCUT2D eigenvalue weighted by atomic mass is 10.0. The van der Waals surface area contributed by atoms with Gasteiger partial charge in [-0.05, 0) is 30.6 Å². The molecule has 2 fully saturated rings. The molecule has 2 nitrogen and oxygen atoms in total. The molecule has 0 unspecified atom stereocenters. The molecule has 0 aromatic rings. The van der Waals surface area contributed by atoms with E-state index in [-0.39, 0.29) is 0 Å². The first-order valence-corrected chi connectivity index (χ1v) is 4.97. The van der Waals surface area contributed by atoms with E-state index in [9.17, 15) is 4.79 Å². The van der Waals surface area contributed by atoms with E-state index in [1.165, 1.54) is 32.1 Å². The highest BCUT2D eigenvalue weighted by molar-refractivity contribution is 5.67. The van der Waals surface area contributed by atoms with E-state index in [1.807, 2.05) is 0 Å². The maximum absolute atomic E-state index is 10.5. The van der Waals surface area contributed by atoms with Gasteiger partial charge in [0.25, 0.3) is 0 Å². The molecule has 2 aliphatic carbocycles. The molecule has 0 aliphatic heterocycles. The molecule has 2 aliphatic rings. The van der Waals surface area contributed by atoms with Crippen molar-refractivity contribution in [3.05, 3.63) is 0 Å². The Morgan fingerprint density at radius 2 is 1.83 bits per heavy atom. The molecule has 0 aromatic carbocycles. The molecule has 0 aromatic heterocycles. The zero-order chi connectivity index (χ0) is 8.55. The van der Waals surface area contributed by atoms with Gasteiger partial charge in [0.2, 0.25) is 0 Å². The number of rotatable bonds is 2. The van der Waals surface area contributed by atoms with Crippen LogP contribution in [0.3, 0.4) is 0 Å². The van der Waals surface area contributed by atoms with Gasteiger partial charge >= 0.3 is 5.97 Å². The Kier molecular flexibility index (Phi) is 2.07. The van der Waals surface area contributed by atoms with Crippen molar-refractivity contribution >= 4 is 5.97 Å². The summed E-state index contributed by atoms with van der Waals surface area (Å²) >= 11 is 0. The fraction of sp³-hybridized carbons (Fsp3) is 0.900. The summed E-state index contributed by atoms with van der Waals surface area (Å²) in [6.45, 7) is 0. The third-order valence-corrected chi connectivity index (χ3v) is 3.55. The Morgan fingerprint density at radius 3 is 2.33 bits per heavy atom. The third kappa shape index (κ3) is 1.47. The molecule has 1 N–H and O–H groups in total. The first-order chi connectivity index (χ1) is 5.75. The van der Waals surface area contributed by atoms with Gasteiger partial charge in [0.15, 0.2) is 0 Å². The Bertz CT molecular complexity index is 176. The van der Waals surface area contributed by atoms with Crippen LogP contribution in [0.25, 0.3) is 0 Å². The lowest BCUT2D eigenvalue weighted by molar-refractivity contribution is -0.138. The highest BCUT2D eigenvalue weighted by atomic mass is 16.4. The predicted octanol–water partition coefficient (Wildman–Crippen LogP) is 2.29. The average Bonchev–Trinajstić information content (AvgIpc) is 2.43. The number of aliphatic carboxylic acids is 1. The number of hydrogen-bond donors (Lipinski definition) is 1. The fourth-order valence-corrected chi connectivity index (χ4v) is 3.10. The van der Waals surface area contributed by atoms with E-state index in [0.717, 1.165) is 11.8 Å². The molecule has 2 heteroatoms. The molecule has 0 saturated heterocycles. The second-order valence-corrected chi connectivity index (χ2v) is 4.39. The Morgan fingerprint density at radius 1 is 1.25 bits per heavy atom. The van der Waals surface area contributed by atoms with Crippen LogP contribution in [0.5, 0.6) is 0 Å². The molecule has 2 rings (SSSR count). The zero-order valence-electron chi connectivity index (χ0n) is 7.33. The van der Waals surface area contributed by atoms with Crippen LogP contribution in [-0.2, 0) is 4.79 Å². The molecular formula is C10H16O2. The summed E-state index contributed by atoms with van der Waals surface area (Å²) in [6, 6.07) is 0. The topological polar surface area (TPSA) is 37.3 Å². The number of hydrogen-bond acceptors (Lipinski definition) is 1. The van der Waals surface area contributed by atoms with Crippen molar-refractivity contribution in [3.8, 4) is 0 Å². The largest absolute Gasteiger partial charge is 0.481 e. The molecule has 2 atom stereocenters. The molecule has 0 bridgehead atoms. The summed E-state index contributed by atoms with van der Waals surface area (Å²) in [5.41, 5.74) is 0. The Balaban J connectivity index is 1.86. The number of carbonyl (C=O) groups is 1. The van der Waals surface area contributed by atoms with Gasteiger partial charge in [-0.15, -0.1) is 0 Å². The smallest absolute Gasteiger partial charge is 0.303 e. The van der Waals surface area contributed by atoms with E-state index >= 15 is 0 Å². The normalized spacial score (nSPS) is 35.3. The first-order valence-electron chi connectivity index (χ1n) is 4.97. The van der Waals surface area contributed by atoms with Crippen molar-refractivity contribution < 1.29 is 9.90 Å². The highest BCUT2D eigenvalue weighted by Gasteiger charge is 2.37. The van der Waals surface area contributed by atoms with Crippen LogP contribution in [0.1, 0.15) is 38.5 Å². The van der Waals surface area contributed by atoms with Crippen LogP contribution in [0.4, 0.5) is 0 Å². The molecule has 68 valence electrons. The van der Waals surface area contributed by atoms with E-state index in [4.69, 9.17) is 5.11 Å². The Labute approximate surface area is 73.0 Å². The maximum atomic E-state index is 10.5. The van der Waals surface area contributed by atoms with Gasteiger partial charge in [-0.2, -0.15) is 0 Å². The summed E-state index contributed by atoms with van der Waals surface area (Å²) in [5, 5.41) is 8.64. The van der Waals surface area contributed by atoms with Gasteiger partial charge in [-0.25, -0.2) is 0 Å². The quantitative estimate of drug-likeness (QED) is 0.686. The highest BCUT2D eigenvalue weighted by Crippen LogP contribution is 2.47. The van der Waals surface area contributed by atoms with Crippen LogP contribution in [0, 0.1) is 17.8 Å². The molecule has 0 radical (unpaired) electrons. The van der Waals surface area contributed by atoms with Crippen molar-refractivity contribution in [2.75, 3.05) is 0 Å². The molecular weight excluding hydrogens is 152 g/mol. The maximum Gasteiger partial charge on any atom is 0.303 e. The zero-order valence-corrected chi connectivity index (χ0v) is 7.33. The minimum Gasteiger partial charge on any atom is -0.481 e. The van der Waals surface area contributed by atoms with Gasteiger partial charge in [0.1, 0.15) is 0 Å². The van der Waals surface area contributed by atoms with Crippen LogP contribution >= 0.6 is 0 Å². The fourth-order valence-electron chi connectivity index (χ4n) is 3.10. The van der Waals surface area contributed by atoms with E-state index in [0.29, 0.717) is 12.3 Å². The lowest BCUT2D eigenvalue weighted by Crippen LogP contribution is -2.04. The van der Waals surface area contributed by atoms with Gasteiger partial charge in [0.05, 0.1) is 0 Å². The van der Waals surface area contributed by atoms with Gasteiger partial charge < -0.3 is 5.11 Å². The number of carboxylic acid groups (broad SMARTS) is 1. The summed E-state index contributed by atoms with van der Waals surface area (Å²) in [7, 11) is 0. The van der Waals surface area contributed by atoms with Gasteiger partial charge in [-0.3, -0.25) is 4.79 Å². The second kappa shape index (κ2) is 3.08. The SMILES string of the molecule is O=C(O)CC1C[C@H]2CCC[C@@H]2C1. The van der Waals surface area contributed by atoms with Crippen molar-refractivity contribution in [3.63, 3.8) is 0 Å². The van der Waals surface area contributed by atoms with E-state index < -0.39 is 5.97 Å². The van der Waals surface area contributed by atoms with Crippen molar-refractivity contribution in [1.29, 1.82) is 0 Å². The summed E-state index contributed by atoms with van der Waals surface area (Å²) in [5.74, 6) is 1.65. The van der Waals surface area contributed by atoms with E-state index in [1.54, 1.807) is 0 Å². The molecule has 0 heterocycles. The first kappa shape index (κ1) is 8.09. The van der Waals surface area contributed by atoms with Crippen molar-refractivity contribution in [2.24, 2.45) is 17.8 Å². The molecule has 0 amide bonds.